The molecule has 0 aliphatic carbocycles. The molecule has 3 aromatic carbocycles. The zero-order valence-corrected chi connectivity index (χ0v) is 20.3. The molecule has 5 rings (SSSR count). The highest BCUT2D eigenvalue weighted by Crippen LogP contribution is 2.33. The van der Waals surface area contributed by atoms with Crippen LogP contribution in [0.15, 0.2) is 75.9 Å². The van der Waals surface area contributed by atoms with Crippen molar-refractivity contribution in [2.24, 2.45) is 0 Å². The summed E-state index contributed by atoms with van der Waals surface area (Å²) in [5.74, 6) is 1.78. The van der Waals surface area contributed by atoms with Gasteiger partial charge in [0.25, 0.3) is 5.91 Å². The molecule has 184 valence electrons. The van der Waals surface area contributed by atoms with Crippen LogP contribution < -0.4 is 19.6 Å². The van der Waals surface area contributed by atoms with E-state index < -0.39 is 0 Å². The van der Waals surface area contributed by atoms with Gasteiger partial charge in [-0.25, -0.2) is 0 Å². The highest BCUT2D eigenvalue weighted by molar-refractivity contribution is 5.81. The maximum absolute atomic E-state index is 13.2. The number of carbonyl (C=O) groups excluding carboxylic acids is 1. The highest BCUT2D eigenvalue weighted by Gasteiger charge is 2.21. The average molecular weight is 486 g/mol. The maximum Gasteiger partial charge on any atom is 0.260 e. The van der Waals surface area contributed by atoms with E-state index in [1.807, 2.05) is 31.2 Å². The Morgan fingerprint density at radius 1 is 0.972 bits per heavy atom. The Morgan fingerprint density at radius 3 is 2.53 bits per heavy atom. The predicted molar refractivity (Wildman–Crippen MR) is 136 cm³/mol. The van der Waals surface area contributed by atoms with Crippen molar-refractivity contribution in [3.63, 3.8) is 0 Å². The van der Waals surface area contributed by atoms with Crippen molar-refractivity contribution in [2.75, 3.05) is 19.8 Å². The number of ether oxygens (including phenoxy) is 3. The summed E-state index contributed by atoms with van der Waals surface area (Å²) in [6.07, 6.45) is 0.835. The Kier molecular flexibility index (Phi) is 6.62. The van der Waals surface area contributed by atoms with Gasteiger partial charge in [0.2, 0.25) is 11.2 Å². The van der Waals surface area contributed by atoms with E-state index in [4.69, 9.17) is 18.6 Å². The van der Waals surface area contributed by atoms with Gasteiger partial charge in [0.1, 0.15) is 17.1 Å². The van der Waals surface area contributed by atoms with Crippen molar-refractivity contribution in [1.82, 2.24) is 4.90 Å². The second-order valence-electron chi connectivity index (χ2n) is 8.58. The summed E-state index contributed by atoms with van der Waals surface area (Å²) in [4.78, 5) is 27.7. The fraction of sp³-hybridized carbons (Fsp3) is 0.241. The Balaban J connectivity index is 1.31. The van der Waals surface area contributed by atoms with Gasteiger partial charge in [0.15, 0.2) is 18.1 Å². The van der Waals surface area contributed by atoms with Crippen molar-refractivity contribution in [2.45, 2.75) is 26.8 Å². The summed E-state index contributed by atoms with van der Waals surface area (Å²) < 4.78 is 23.2. The van der Waals surface area contributed by atoms with E-state index in [0.717, 1.165) is 6.42 Å². The van der Waals surface area contributed by atoms with Gasteiger partial charge in [-0.1, -0.05) is 36.4 Å². The van der Waals surface area contributed by atoms with Gasteiger partial charge in [0, 0.05) is 19.2 Å². The Bertz CT molecular complexity index is 1470. The molecule has 2 heterocycles. The van der Waals surface area contributed by atoms with Gasteiger partial charge in [0.05, 0.1) is 12.0 Å². The molecule has 0 saturated heterocycles. The van der Waals surface area contributed by atoms with E-state index in [1.54, 1.807) is 42.2 Å². The normalized spacial score (nSPS) is 12.8. The molecule has 0 fully saturated rings. The SMILES string of the molecule is CCOc1ccccc1Oc1c(C)oc2cc(OCC(=O)N3CCc4ccccc4C3)ccc2c1=O. The minimum atomic E-state index is -0.297. The fourth-order valence-electron chi connectivity index (χ4n) is 4.34. The first-order valence-corrected chi connectivity index (χ1v) is 12.0. The number of nitrogens with zero attached hydrogens (tertiary/aromatic N) is 1. The van der Waals surface area contributed by atoms with Crippen LogP contribution in [0.1, 0.15) is 23.8 Å². The number of rotatable bonds is 7. The Labute approximate surface area is 208 Å². The van der Waals surface area contributed by atoms with Crippen LogP contribution in [-0.4, -0.2) is 30.6 Å². The third kappa shape index (κ3) is 4.77. The number of amides is 1. The minimum absolute atomic E-state index is 0.0843. The van der Waals surface area contributed by atoms with Crippen molar-refractivity contribution < 1.29 is 23.4 Å². The van der Waals surface area contributed by atoms with Crippen molar-refractivity contribution >= 4 is 16.9 Å². The molecule has 7 heteroatoms. The lowest BCUT2D eigenvalue weighted by Crippen LogP contribution is -2.38. The number of hydrogen-bond donors (Lipinski definition) is 0. The quantitative estimate of drug-likeness (QED) is 0.356. The first-order chi connectivity index (χ1) is 17.5. The lowest BCUT2D eigenvalue weighted by molar-refractivity contribution is -0.134. The number of aryl methyl sites for hydroxylation is 1. The lowest BCUT2D eigenvalue weighted by atomic mass is 10.00. The predicted octanol–water partition coefficient (Wildman–Crippen LogP) is 5.26. The number of hydrogen-bond acceptors (Lipinski definition) is 6. The molecule has 0 atom stereocenters. The Hall–Kier alpha value is -4.26. The van der Waals surface area contributed by atoms with Crippen LogP contribution in [0.4, 0.5) is 0 Å². The molecule has 4 aromatic rings. The van der Waals surface area contributed by atoms with E-state index in [1.165, 1.54) is 11.1 Å². The van der Waals surface area contributed by atoms with Crippen LogP contribution in [-0.2, 0) is 17.8 Å². The third-order valence-corrected chi connectivity index (χ3v) is 6.19. The average Bonchev–Trinajstić information content (AvgIpc) is 2.90. The molecule has 0 saturated carbocycles. The molecule has 0 unspecified atom stereocenters. The fourth-order valence-corrected chi connectivity index (χ4v) is 4.34. The summed E-state index contributed by atoms with van der Waals surface area (Å²) in [6.45, 7) is 5.18. The number of carbonyl (C=O) groups is 1. The van der Waals surface area contributed by atoms with E-state index >= 15 is 0 Å². The van der Waals surface area contributed by atoms with Crippen LogP contribution in [0.5, 0.6) is 23.0 Å². The molecule has 0 radical (unpaired) electrons. The minimum Gasteiger partial charge on any atom is -0.490 e. The summed E-state index contributed by atoms with van der Waals surface area (Å²) in [5, 5.41) is 0.357. The smallest absolute Gasteiger partial charge is 0.260 e. The Morgan fingerprint density at radius 2 is 1.72 bits per heavy atom. The number of fused-ring (bicyclic) bond motifs is 2. The summed E-state index contributed by atoms with van der Waals surface area (Å²) >= 11 is 0. The molecule has 7 nitrogen and oxygen atoms in total. The van der Waals surface area contributed by atoms with Crippen molar-refractivity contribution in [3.05, 3.63) is 93.8 Å². The molecule has 36 heavy (non-hydrogen) atoms. The van der Waals surface area contributed by atoms with Gasteiger partial charge in [-0.3, -0.25) is 9.59 Å². The molecule has 0 spiro atoms. The molecule has 1 aliphatic rings. The largest absolute Gasteiger partial charge is 0.490 e. The van der Waals surface area contributed by atoms with E-state index in [9.17, 15) is 9.59 Å². The first-order valence-electron chi connectivity index (χ1n) is 12.0. The molecule has 1 aliphatic heterocycles. The van der Waals surface area contributed by atoms with Gasteiger partial charge >= 0.3 is 0 Å². The van der Waals surface area contributed by atoms with Crippen molar-refractivity contribution in [1.29, 1.82) is 0 Å². The van der Waals surface area contributed by atoms with Crippen LogP contribution >= 0.6 is 0 Å². The second-order valence-corrected chi connectivity index (χ2v) is 8.58. The summed E-state index contributed by atoms with van der Waals surface area (Å²) in [5.41, 5.74) is 2.52. The number of para-hydroxylation sites is 2. The third-order valence-electron chi connectivity index (χ3n) is 6.19. The standard InChI is InChI=1S/C29H27NO6/c1-3-33-24-10-6-7-11-25(24)36-29-19(2)35-26-16-22(12-13-23(26)28(29)32)34-18-27(31)30-15-14-20-8-4-5-9-21(20)17-30/h4-13,16H,3,14-15,17-18H2,1-2H3. The molecule has 0 N–H and O–H groups in total. The number of benzene rings is 3. The maximum atomic E-state index is 13.2. The first kappa shape index (κ1) is 23.5. The molecule has 0 bridgehead atoms. The van der Waals surface area contributed by atoms with Gasteiger partial charge < -0.3 is 23.5 Å². The summed E-state index contributed by atoms with van der Waals surface area (Å²) in [6, 6.07) is 20.2. The van der Waals surface area contributed by atoms with Crippen LogP contribution in [0.2, 0.25) is 0 Å². The second kappa shape index (κ2) is 10.2. The topological polar surface area (TPSA) is 78.2 Å². The van der Waals surface area contributed by atoms with E-state index in [-0.39, 0.29) is 23.7 Å². The van der Waals surface area contributed by atoms with Gasteiger partial charge in [-0.05, 0) is 55.7 Å². The van der Waals surface area contributed by atoms with Gasteiger partial charge in [-0.15, -0.1) is 0 Å². The zero-order chi connectivity index (χ0) is 25.1. The van der Waals surface area contributed by atoms with Crippen LogP contribution in [0.25, 0.3) is 11.0 Å². The molecule has 1 aromatic heterocycles. The van der Waals surface area contributed by atoms with E-state index in [2.05, 4.69) is 12.1 Å². The highest BCUT2D eigenvalue weighted by atomic mass is 16.5. The zero-order valence-electron chi connectivity index (χ0n) is 20.3. The van der Waals surface area contributed by atoms with Crippen LogP contribution in [0.3, 0.4) is 0 Å². The van der Waals surface area contributed by atoms with Crippen molar-refractivity contribution in [3.8, 4) is 23.0 Å². The lowest BCUT2D eigenvalue weighted by Gasteiger charge is -2.28. The van der Waals surface area contributed by atoms with Gasteiger partial charge in [-0.2, -0.15) is 0 Å². The monoisotopic (exact) mass is 485 g/mol. The molecular weight excluding hydrogens is 458 g/mol. The summed E-state index contributed by atoms with van der Waals surface area (Å²) in [7, 11) is 0. The molecular formula is C29H27NO6. The van der Waals surface area contributed by atoms with Crippen LogP contribution in [0, 0.1) is 6.92 Å². The van der Waals surface area contributed by atoms with E-state index in [0.29, 0.717) is 53.7 Å². The molecule has 1 amide bonds.